The molecule has 6 nitrogen and oxygen atoms in total. The molecule has 23 heavy (non-hydrogen) atoms. The Hall–Kier alpha value is -2.47. The van der Waals surface area contributed by atoms with Crippen LogP contribution in [0.1, 0.15) is 17.0 Å². The summed E-state index contributed by atoms with van der Waals surface area (Å²) in [5, 5.41) is 12.2. The van der Waals surface area contributed by atoms with Gasteiger partial charge in [0, 0.05) is 25.3 Å². The van der Waals surface area contributed by atoms with Crippen LogP contribution in [-0.2, 0) is 13.1 Å². The van der Waals surface area contributed by atoms with Crippen molar-refractivity contribution in [2.45, 2.75) is 26.9 Å². The summed E-state index contributed by atoms with van der Waals surface area (Å²) < 4.78 is 3.98. The van der Waals surface area contributed by atoms with Crippen LogP contribution in [0.2, 0.25) is 0 Å². The Kier molecular flexibility index (Phi) is 4.52. The Morgan fingerprint density at radius 3 is 2.57 bits per heavy atom. The zero-order chi connectivity index (χ0) is 16.2. The van der Waals surface area contributed by atoms with E-state index in [1.54, 1.807) is 12.7 Å². The van der Waals surface area contributed by atoms with Gasteiger partial charge in [-0.05, 0) is 44.7 Å². The maximum absolute atomic E-state index is 4.56. The van der Waals surface area contributed by atoms with E-state index in [9.17, 15) is 0 Å². The Bertz CT molecular complexity index is 759. The standard InChI is InChI=1S/C17H22N6/c1-14-9-15(2)23(20-14)17-6-4-5-16(10-17)11-21(3)7-8-22-12-18-19-13-22/h4-6,9-10,12-13H,7-8,11H2,1-3H3. The molecule has 0 saturated carbocycles. The van der Waals surface area contributed by atoms with Crippen molar-refractivity contribution in [3.8, 4) is 5.69 Å². The predicted octanol–water partition coefficient (Wildman–Crippen LogP) is 2.21. The van der Waals surface area contributed by atoms with Crippen LogP contribution in [0.25, 0.3) is 5.69 Å². The summed E-state index contributed by atoms with van der Waals surface area (Å²) in [4.78, 5) is 2.29. The van der Waals surface area contributed by atoms with E-state index >= 15 is 0 Å². The second kappa shape index (κ2) is 6.75. The number of aryl methyl sites for hydroxylation is 2. The van der Waals surface area contributed by atoms with Crippen LogP contribution in [0.15, 0.2) is 43.0 Å². The van der Waals surface area contributed by atoms with Gasteiger partial charge in [-0.25, -0.2) is 4.68 Å². The van der Waals surface area contributed by atoms with Crippen LogP contribution < -0.4 is 0 Å². The van der Waals surface area contributed by atoms with Gasteiger partial charge in [0.05, 0.1) is 11.4 Å². The molecule has 6 heteroatoms. The first kappa shape index (κ1) is 15.4. The topological polar surface area (TPSA) is 51.8 Å². The molecule has 0 aliphatic carbocycles. The van der Waals surface area contributed by atoms with E-state index in [0.717, 1.165) is 36.7 Å². The fourth-order valence-corrected chi connectivity index (χ4v) is 2.69. The van der Waals surface area contributed by atoms with Crippen LogP contribution in [0.4, 0.5) is 0 Å². The minimum Gasteiger partial charge on any atom is -0.319 e. The summed E-state index contributed by atoms with van der Waals surface area (Å²) in [6.07, 6.45) is 3.49. The molecule has 0 atom stereocenters. The molecule has 2 aromatic heterocycles. The molecule has 0 N–H and O–H groups in total. The van der Waals surface area contributed by atoms with Gasteiger partial charge in [0.1, 0.15) is 12.7 Å². The first-order chi connectivity index (χ1) is 11.1. The maximum Gasteiger partial charge on any atom is 0.119 e. The molecule has 2 heterocycles. The third-order valence-electron chi connectivity index (χ3n) is 3.82. The number of likely N-dealkylation sites (N-methyl/N-ethyl adjacent to an activating group) is 1. The summed E-state index contributed by atoms with van der Waals surface area (Å²) in [6.45, 7) is 6.84. The average Bonchev–Trinajstić information content (AvgIpc) is 3.15. The third-order valence-corrected chi connectivity index (χ3v) is 3.82. The van der Waals surface area contributed by atoms with Gasteiger partial charge in [0.2, 0.25) is 0 Å². The van der Waals surface area contributed by atoms with Gasteiger partial charge in [-0.1, -0.05) is 12.1 Å². The molecular formula is C17H22N6. The molecular weight excluding hydrogens is 288 g/mol. The lowest BCUT2D eigenvalue weighted by Crippen LogP contribution is -2.22. The van der Waals surface area contributed by atoms with E-state index < -0.39 is 0 Å². The van der Waals surface area contributed by atoms with E-state index in [4.69, 9.17) is 0 Å². The highest BCUT2D eigenvalue weighted by atomic mass is 15.3. The van der Waals surface area contributed by atoms with E-state index in [1.807, 2.05) is 16.2 Å². The van der Waals surface area contributed by atoms with Crippen molar-refractivity contribution < 1.29 is 0 Å². The van der Waals surface area contributed by atoms with Crippen molar-refractivity contribution in [3.63, 3.8) is 0 Å². The van der Waals surface area contributed by atoms with E-state index in [2.05, 4.69) is 64.5 Å². The average molecular weight is 310 g/mol. The number of hydrogen-bond donors (Lipinski definition) is 0. The zero-order valence-electron chi connectivity index (χ0n) is 13.8. The predicted molar refractivity (Wildman–Crippen MR) is 89.4 cm³/mol. The highest BCUT2D eigenvalue weighted by Gasteiger charge is 2.06. The minimum absolute atomic E-state index is 0.890. The Balaban J connectivity index is 1.66. The third kappa shape index (κ3) is 3.84. The monoisotopic (exact) mass is 310 g/mol. The first-order valence-electron chi connectivity index (χ1n) is 7.75. The molecule has 0 aliphatic rings. The highest BCUT2D eigenvalue weighted by molar-refractivity contribution is 5.37. The molecule has 1 aromatic carbocycles. The molecule has 3 rings (SSSR count). The number of hydrogen-bond acceptors (Lipinski definition) is 4. The summed E-state index contributed by atoms with van der Waals surface area (Å²) >= 11 is 0. The van der Waals surface area contributed by atoms with Crippen LogP contribution in [-0.4, -0.2) is 43.0 Å². The largest absolute Gasteiger partial charge is 0.319 e. The van der Waals surface area contributed by atoms with Gasteiger partial charge in [-0.15, -0.1) is 10.2 Å². The van der Waals surface area contributed by atoms with Gasteiger partial charge in [0.25, 0.3) is 0 Å². The van der Waals surface area contributed by atoms with Crippen molar-refractivity contribution in [1.82, 2.24) is 29.4 Å². The van der Waals surface area contributed by atoms with Crippen LogP contribution >= 0.6 is 0 Å². The van der Waals surface area contributed by atoms with Crippen molar-refractivity contribution in [2.24, 2.45) is 0 Å². The Labute approximate surface area is 136 Å². The Morgan fingerprint density at radius 2 is 1.87 bits per heavy atom. The van der Waals surface area contributed by atoms with Gasteiger partial charge in [0.15, 0.2) is 0 Å². The second-order valence-corrected chi connectivity index (χ2v) is 5.95. The summed E-state index contributed by atoms with van der Waals surface area (Å²) in [5.41, 5.74) is 4.58. The number of aromatic nitrogens is 5. The molecule has 0 spiro atoms. The highest BCUT2D eigenvalue weighted by Crippen LogP contribution is 2.14. The molecule has 0 bridgehead atoms. The molecule has 0 saturated heterocycles. The molecule has 0 radical (unpaired) electrons. The quantitative estimate of drug-likeness (QED) is 0.700. The van der Waals surface area contributed by atoms with E-state index in [1.165, 1.54) is 5.56 Å². The van der Waals surface area contributed by atoms with Gasteiger partial charge in [-0.2, -0.15) is 5.10 Å². The number of nitrogens with zero attached hydrogens (tertiary/aromatic N) is 6. The second-order valence-electron chi connectivity index (χ2n) is 5.95. The van der Waals surface area contributed by atoms with Gasteiger partial charge >= 0.3 is 0 Å². The lowest BCUT2D eigenvalue weighted by Gasteiger charge is -2.17. The van der Waals surface area contributed by atoms with Crippen LogP contribution in [0.5, 0.6) is 0 Å². The van der Waals surface area contributed by atoms with Crippen molar-refractivity contribution in [2.75, 3.05) is 13.6 Å². The number of rotatable bonds is 6. The Morgan fingerprint density at radius 1 is 1.09 bits per heavy atom. The van der Waals surface area contributed by atoms with E-state index in [-0.39, 0.29) is 0 Å². The van der Waals surface area contributed by atoms with Crippen LogP contribution in [0.3, 0.4) is 0 Å². The summed E-state index contributed by atoms with van der Waals surface area (Å²) in [6, 6.07) is 10.6. The van der Waals surface area contributed by atoms with E-state index in [0.29, 0.717) is 0 Å². The van der Waals surface area contributed by atoms with Crippen molar-refractivity contribution >= 4 is 0 Å². The van der Waals surface area contributed by atoms with Gasteiger partial charge < -0.3 is 9.47 Å². The lowest BCUT2D eigenvalue weighted by atomic mass is 10.2. The molecule has 0 aliphatic heterocycles. The molecule has 120 valence electrons. The van der Waals surface area contributed by atoms with Crippen LogP contribution in [0, 0.1) is 13.8 Å². The fraction of sp³-hybridized carbons (Fsp3) is 0.353. The van der Waals surface area contributed by atoms with Crippen molar-refractivity contribution in [3.05, 3.63) is 59.9 Å². The molecule has 3 aromatic rings. The first-order valence-corrected chi connectivity index (χ1v) is 7.75. The number of benzene rings is 1. The summed E-state index contributed by atoms with van der Waals surface area (Å²) in [7, 11) is 2.13. The summed E-state index contributed by atoms with van der Waals surface area (Å²) in [5.74, 6) is 0. The normalized spacial score (nSPS) is 11.3. The van der Waals surface area contributed by atoms with Gasteiger partial charge in [-0.3, -0.25) is 0 Å². The minimum atomic E-state index is 0.890. The molecule has 0 fully saturated rings. The zero-order valence-corrected chi connectivity index (χ0v) is 13.8. The molecule has 0 amide bonds. The maximum atomic E-state index is 4.56. The molecule has 0 unspecified atom stereocenters. The fourth-order valence-electron chi connectivity index (χ4n) is 2.69. The van der Waals surface area contributed by atoms with Crippen molar-refractivity contribution in [1.29, 1.82) is 0 Å². The smallest absolute Gasteiger partial charge is 0.119 e. The lowest BCUT2D eigenvalue weighted by molar-refractivity contribution is 0.311. The SMILES string of the molecule is Cc1cc(C)n(-c2cccc(CN(C)CCn3cnnc3)c2)n1.